The number of fused-ring (bicyclic) bond motifs is 2. The van der Waals surface area contributed by atoms with E-state index in [0.717, 1.165) is 46.9 Å². The van der Waals surface area contributed by atoms with Crippen LogP contribution < -0.4 is 9.80 Å². The normalized spacial score (nSPS) is 11.9. The molecule has 0 unspecified atom stereocenters. The molecule has 0 saturated heterocycles. The van der Waals surface area contributed by atoms with E-state index in [1.807, 2.05) is 13.8 Å². The molecule has 0 atom stereocenters. The van der Waals surface area contributed by atoms with Crippen molar-refractivity contribution in [2.24, 2.45) is 0 Å². The van der Waals surface area contributed by atoms with Crippen LogP contribution in [0.5, 0.6) is 0 Å². The molecule has 0 heterocycles. The molecule has 0 saturated carbocycles. The molecule has 0 spiro atoms. The first-order chi connectivity index (χ1) is 47.8. The summed E-state index contributed by atoms with van der Waals surface area (Å²) in [5.41, 5.74) is 25.9. The van der Waals surface area contributed by atoms with Gasteiger partial charge in [0.05, 0.1) is 0 Å². The highest BCUT2D eigenvalue weighted by Gasteiger charge is 2.20. The SMILES string of the molecule is CC.C\C=C/C=C(\C=C\c1ccc2ccc(C)c(-c3c(C)ccc4ccc(-c5cccc(N(c6ccc(-c7ccc(C(C)C)cc7)cc6)c6cccc(CCCCCCCC)c6)c5)cc34)c2c1)N(c1ccc(-c2ccc(C(C)(C)C)cc2)cc1)c1cccc(CCCCCCCC)c1. The highest BCUT2D eigenvalue weighted by atomic mass is 15.1. The quantitative estimate of drug-likeness (QED) is 0.0356. The van der Waals surface area contributed by atoms with E-state index >= 15 is 0 Å². The van der Waals surface area contributed by atoms with Crippen LogP contribution in [0.1, 0.15) is 191 Å². The summed E-state index contributed by atoms with van der Waals surface area (Å²) < 4.78 is 0. The summed E-state index contributed by atoms with van der Waals surface area (Å²) in [6.07, 6.45) is 28.8. The molecule has 0 N–H and O–H groups in total. The van der Waals surface area contributed by atoms with E-state index in [9.17, 15) is 0 Å². The van der Waals surface area contributed by atoms with Gasteiger partial charge in [-0.1, -0.05) is 302 Å². The molecular formula is C96H108N2. The molecule has 0 aromatic heterocycles. The Morgan fingerprint density at radius 2 is 0.867 bits per heavy atom. The van der Waals surface area contributed by atoms with Gasteiger partial charge < -0.3 is 9.80 Å². The van der Waals surface area contributed by atoms with Gasteiger partial charge in [0.2, 0.25) is 0 Å². The van der Waals surface area contributed by atoms with Crippen molar-refractivity contribution in [3.63, 3.8) is 0 Å². The third-order valence-corrected chi connectivity index (χ3v) is 19.6. The van der Waals surface area contributed by atoms with Gasteiger partial charge in [-0.15, -0.1) is 0 Å². The van der Waals surface area contributed by atoms with E-state index in [-0.39, 0.29) is 5.41 Å². The molecular weight excluding hydrogens is 1180 g/mol. The Labute approximate surface area is 590 Å². The van der Waals surface area contributed by atoms with Crippen molar-refractivity contribution >= 4 is 56.1 Å². The van der Waals surface area contributed by atoms with Crippen molar-refractivity contribution in [1.29, 1.82) is 0 Å². The molecule has 0 aliphatic heterocycles. The Morgan fingerprint density at radius 3 is 1.42 bits per heavy atom. The minimum Gasteiger partial charge on any atom is -0.310 e. The van der Waals surface area contributed by atoms with Gasteiger partial charge in [-0.25, -0.2) is 0 Å². The minimum atomic E-state index is 0.0996. The van der Waals surface area contributed by atoms with Crippen LogP contribution in [0.4, 0.5) is 28.4 Å². The van der Waals surface area contributed by atoms with Crippen molar-refractivity contribution < 1.29 is 0 Å². The molecule has 0 radical (unpaired) electrons. The topological polar surface area (TPSA) is 6.48 Å². The van der Waals surface area contributed by atoms with E-state index in [1.165, 1.54) is 182 Å². The van der Waals surface area contributed by atoms with Gasteiger partial charge in [-0.3, -0.25) is 0 Å². The molecule has 0 bridgehead atoms. The summed E-state index contributed by atoms with van der Waals surface area (Å²) in [5.74, 6) is 0.497. The second-order valence-corrected chi connectivity index (χ2v) is 28.2. The number of hydrogen-bond acceptors (Lipinski definition) is 2. The van der Waals surface area contributed by atoms with Gasteiger partial charge in [0, 0.05) is 34.1 Å². The van der Waals surface area contributed by atoms with Gasteiger partial charge in [0.15, 0.2) is 0 Å². The van der Waals surface area contributed by atoms with Crippen molar-refractivity contribution in [2.45, 2.75) is 184 Å². The van der Waals surface area contributed by atoms with Gasteiger partial charge in [-0.2, -0.15) is 0 Å². The molecule has 11 aromatic carbocycles. The summed E-state index contributed by atoms with van der Waals surface area (Å²) in [5, 5.41) is 4.96. The molecule has 0 fully saturated rings. The van der Waals surface area contributed by atoms with Crippen molar-refractivity contribution in [2.75, 3.05) is 9.80 Å². The smallest absolute Gasteiger partial charge is 0.0467 e. The lowest BCUT2D eigenvalue weighted by Gasteiger charge is -2.27. The fourth-order valence-corrected chi connectivity index (χ4v) is 13.9. The van der Waals surface area contributed by atoms with Crippen molar-refractivity contribution in [1.82, 2.24) is 0 Å². The van der Waals surface area contributed by atoms with Gasteiger partial charge in [-0.05, 0) is 248 Å². The Kier molecular flexibility index (Phi) is 25.4. The third kappa shape index (κ3) is 18.1. The van der Waals surface area contributed by atoms with Crippen molar-refractivity contribution in [3.05, 3.63) is 299 Å². The van der Waals surface area contributed by atoms with Crippen molar-refractivity contribution in [3.8, 4) is 44.5 Å². The van der Waals surface area contributed by atoms with E-state index in [2.05, 4.69) is 340 Å². The second-order valence-electron chi connectivity index (χ2n) is 28.2. The molecule has 502 valence electrons. The van der Waals surface area contributed by atoms with Crippen LogP contribution in [0, 0.1) is 13.8 Å². The summed E-state index contributed by atoms with van der Waals surface area (Å²) >= 11 is 0. The molecule has 2 heteroatoms. The maximum Gasteiger partial charge on any atom is 0.0467 e. The molecule has 0 amide bonds. The van der Waals surface area contributed by atoms with Crippen LogP contribution in [-0.2, 0) is 18.3 Å². The number of anilines is 5. The summed E-state index contributed by atoms with van der Waals surface area (Å²) in [6, 6.07) is 87.6. The lowest BCUT2D eigenvalue weighted by Crippen LogP contribution is -2.15. The van der Waals surface area contributed by atoms with E-state index < -0.39 is 0 Å². The number of hydrogen-bond donors (Lipinski definition) is 0. The summed E-state index contributed by atoms with van der Waals surface area (Å²) in [7, 11) is 0. The average molecular weight is 1290 g/mol. The highest BCUT2D eigenvalue weighted by molar-refractivity contribution is 6.09. The van der Waals surface area contributed by atoms with E-state index in [1.54, 1.807) is 0 Å². The molecule has 0 aliphatic rings. The minimum absolute atomic E-state index is 0.0996. The lowest BCUT2D eigenvalue weighted by atomic mass is 9.86. The van der Waals surface area contributed by atoms with E-state index in [0.29, 0.717) is 5.92 Å². The number of aryl methyl sites for hydroxylation is 4. The van der Waals surface area contributed by atoms with E-state index in [4.69, 9.17) is 0 Å². The highest BCUT2D eigenvalue weighted by Crippen LogP contribution is 2.44. The number of rotatable bonds is 28. The maximum atomic E-state index is 2.46. The van der Waals surface area contributed by atoms with Gasteiger partial charge in [0.1, 0.15) is 0 Å². The Morgan fingerprint density at radius 1 is 0.418 bits per heavy atom. The molecule has 11 aromatic rings. The number of benzene rings is 11. The predicted molar refractivity (Wildman–Crippen MR) is 433 cm³/mol. The molecule has 98 heavy (non-hydrogen) atoms. The summed E-state index contributed by atoms with van der Waals surface area (Å²) in [4.78, 5) is 4.90. The van der Waals surface area contributed by atoms with Gasteiger partial charge >= 0.3 is 0 Å². The van der Waals surface area contributed by atoms with Crippen LogP contribution in [0.25, 0.3) is 72.1 Å². The standard InChI is InChI=1S/C94H102N2.C2H6/c1-11-14-17-19-21-23-28-71-30-25-34-87(63-71)95(85-59-52-78(53-60-85)76-50-56-83(57-51-76)94(8,9)10)84(33-16-13-3)58-40-73-39-43-79-41-37-69(6)92(90(79)65-73)93-70(7)38-42-80-48-49-82(67-91(80)93)81-32-27-36-89(66-81)96(88-35-26-31-72(64-88)29-24-22-20-18-15-12-2)86-61-54-77(55-62-86)75-46-44-74(45-47-75)68(4)5;1-2/h13,16,25-27,30-68H,11-12,14-15,17-24,28-29H2,1-10H3;1-2H3/b16-13-,58-40+,84-33+;. The predicted octanol–water partition coefficient (Wildman–Crippen LogP) is 29.3. The first-order valence-electron chi connectivity index (χ1n) is 37.1. The summed E-state index contributed by atoms with van der Waals surface area (Å²) in [6.45, 7) is 26.6. The molecule has 11 rings (SSSR count). The van der Waals surface area contributed by atoms with Crippen LogP contribution in [0.2, 0.25) is 0 Å². The number of nitrogens with zero attached hydrogens (tertiary/aromatic N) is 2. The van der Waals surface area contributed by atoms with Crippen LogP contribution in [0.15, 0.2) is 261 Å². The Hall–Kier alpha value is -9.24. The number of unbranched alkanes of at least 4 members (excludes halogenated alkanes) is 10. The largest absolute Gasteiger partial charge is 0.310 e. The lowest BCUT2D eigenvalue weighted by molar-refractivity contribution is 0.590. The number of allylic oxidation sites excluding steroid dienone is 4. The van der Waals surface area contributed by atoms with Crippen LogP contribution in [0.3, 0.4) is 0 Å². The van der Waals surface area contributed by atoms with Crippen LogP contribution in [-0.4, -0.2) is 0 Å². The zero-order valence-electron chi connectivity index (χ0n) is 61.2. The third-order valence-electron chi connectivity index (χ3n) is 19.6. The first-order valence-corrected chi connectivity index (χ1v) is 37.1. The first kappa shape index (κ1) is 71.5. The fourth-order valence-electron chi connectivity index (χ4n) is 13.9. The average Bonchev–Trinajstić information content (AvgIpc) is 0.759. The Bertz CT molecular complexity index is 4450. The van der Waals surface area contributed by atoms with Crippen LogP contribution >= 0.6 is 0 Å². The Balaban J connectivity index is 0.00000516. The van der Waals surface area contributed by atoms with Gasteiger partial charge in [0.25, 0.3) is 0 Å². The zero-order valence-corrected chi connectivity index (χ0v) is 61.2. The second kappa shape index (κ2) is 34.8. The molecule has 0 aliphatic carbocycles. The maximum absolute atomic E-state index is 2.46. The molecule has 2 nitrogen and oxygen atoms in total. The fraction of sp³-hybridized carbons (Fsp3) is 0.292. The monoisotopic (exact) mass is 1290 g/mol. The zero-order chi connectivity index (χ0) is 69.0.